The van der Waals surface area contributed by atoms with E-state index in [-0.39, 0.29) is 17.2 Å². The van der Waals surface area contributed by atoms with Crippen molar-refractivity contribution in [1.29, 1.82) is 0 Å². The van der Waals surface area contributed by atoms with Crippen LogP contribution in [0.15, 0.2) is 54.9 Å². The number of pyridine rings is 1. The summed E-state index contributed by atoms with van der Waals surface area (Å²) in [6.07, 6.45) is 3.99. The lowest BCUT2D eigenvalue weighted by Gasteiger charge is -2.18. The fraction of sp³-hybridized carbons (Fsp3) is 0.217. The highest BCUT2D eigenvalue weighted by molar-refractivity contribution is 5.89. The molecule has 0 spiro atoms. The average molecular weight is 391 g/mol. The van der Waals surface area contributed by atoms with Crippen molar-refractivity contribution in [3.8, 4) is 11.5 Å². The van der Waals surface area contributed by atoms with Gasteiger partial charge in [0, 0.05) is 11.1 Å². The topological polar surface area (TPSA) is 60.2 Å². The molecule has 2 heterocycles. The molecular formula is C23H22FN3O2. The van der Waals surface area contributed by atoms with Crippen LogP contribution in [0, 0.1) is 12.7 Å². The lowest BCUT2D eigenvalue weighted by atomic mass is 9.91. The Bertz CT molecular complexity index is 1150. The molecule has 0 aliphatic rings. The summed E-state index contributed by atoms with van der Waals surface area (Å²) in [5, 5.41) is 14.8. The minimum Gasteiger partial charge on any atom is -0.507 e. The van der Waals surface area contributed by atoms with E-state index < -0.39 is 5.82 Å². The van der Waals surface area contributed by atoms with Crippen molar-refractivity contribution in [3.63, 3.8) is 0 Å². The standard InChI is InChI=1S/C23H22FN3O2/c1-14(2)22-18(15(3)21-20(28)10-9-19(24)23(21)26-22)13-16-5-7-17(8-6-16)29-27-12-4-11-25-27/h4-12,14,28H,13H2,1-3H3. The molecule has 0 radical (unpaired) electrons. The molecule has 1 N–H and O–H groups in total. The predicted molar refractivity (Wildman–Crippen MR) is 110 cm³/mol. The number of benzene rings is 2. The Kier molecular flexibility index (Phi) is 4.92. The van der Waals surface area contributed by atoms with Crippen molar-refractivity contribution in [2.75, 3.05) is 0 Å². The Morgan fingerprint density at radius 1 is 1.14 bits per heavy atom. The summed E-state index contributed by atoms with van der Waals surface area (Å²) in [6.45, 7) is 6.00. The van der Waals surface area contributed by atoms with Crippen LogP contribution in [0.2, 0.25) is 0 Å². The zero-order chi connectivity index (χ0) is 20.5. The minimum atomic E-state index is -0.422. The molecule has 6 heteroatoms. The highest BCUT2D eigenvalue weighted by atomic mass is 19.1. The third-order valence-corrected chi connectivity index (χ3v) is 5.01. The Morgan fingerprint density at radius 3 is 2.55 bits per heavy atom. The molecule has 0 saturated carbocycles. The van der Waals surface area contributed by atoms with Crippen LogP contribution in [0.4, 0.5) is 4.39 Å². The van der Waals surface area contributed by atoms with E-state index in [1.165, 1.54) is 17.0 Å². The van der Waals surface area contributed by atoms with E-state index in [2.05, 4.69) is 10.1 Å². The third kappa shape index (κ3) is 3.66. The fourth-order valence-electron chi connectivity index (χ4n) is 3.55. The maximum atomic E-state index is 14.4. The number of halogens is 1. The van der Waals surface area contributed by atoms with E-state index in [9.17, 15) is 9.50 Å². The molecule has 0 aliphatic carbocycles. The Balaban J connectivity index is 1.72. The van der Waals surface area contributed by atoms with Gasteiger partial charge >= 0.3 is 0 Å². The predicted octanol–water partition coefficient (Wildman–Crippen LogP) is 5.14. The molecule has 148 valence electrons. The highest BCUT2D eigenvalue weighted by Crippen LogP contribution is 2.35. The molecule has 0 saturated heterocycles. The molecule has 0 bridgehead atoms. The van der Waals surface area contributed by atoms with E-state index in [0.29, 0.717) is 17.6 Å². The molecule has 0 fully saturated rings. The second-order valence-electron chi connectivity index (χ2n) is 7.37. The van der Waals surface area contributed by atoms with Gasteiger partial charge in [0.25, 0.3) is 0 Å². The van der Waals surface area contributed by atoms with E-state index in [1.807, 2.05) is 45.0 Å². The zero-order valence-corrected chi connectivity index (χ0v) is 16.6. The quantitative estimate of drug-likeness (QED) is 0.512. The van der Waals surface area contributed by atoms with Gasteiger partial charge in [-0.3, -0.25) is 0 Å². The second kappa shape index (κ2) is 7.54. The zero-order valence-electron chi connectivity index (χ0n) is 16.6. The minimum absolute atomic E-state index is 0.0472. The SMILES string of the molecule is Cc1c(Cc2ccc(On3cccn3)cc2)c(C(C)C)nc2c(F)ccc(O)c12. The van der Waals surface area contributed by atoms with Gasteiger partial charge in [-0.2, -0.15) is 0 Å². The first kappa shape index (κ1) is 18.9. The van der Waals surface area contributed by atoms with Crippen molar-refractivity contribution in [1.82, 2.24) is 14.9 Å². The molecule has 0 atom stereocenters. The number of phenols is 1. The summed E-state index contributed by atoms with van der Waals surface area (Å²) in [7, 11) is 0. The fourth-order valence-corrected chi connectivity index (χ4v) is 3.55. The van der Waals surface area contributed by atoms with Crippen molar-refractivity contribution >= 4 is 10.9 Å². The number of aromatic hydroxyl groups is 1. The summed E-state index contributed by atoms with van der Waals surface area (Å²) in [5.41, 5.74) is 4.00. The van der Waals surface area contributed by atoms with Gasteiger partial charge in [0.05, 0.1) is 12.4 Å². The van der Waals surface area contributed by atoms with E-state index in [0.717, 1.165) is 22.4 Å². The third-order valence-electron chi connectivity index (χ3n) is 5.01. The molecule has 5 nitrogen and oxygen atoms in total. The van der Waals surface area contributed by atoms with Gasteiger partial charge in [-0.05, 0) is 66.3 Å². The molecule has 0 amide bonds. The van der Waals surface area contributed by atoms with Gasteiger partial charge in [0.2, 0.25) is 0 Å². The molecule has 29 heavy (non-hydrogen) atoms. The number of fused-ring (bicyclic) bond motifs is 1. The lowest BCUT2D eigenvalue weighted by molar-refractivity contribution is 0.179. The van der Waals surface area contributed by atoms with Crippen LogP contribution < -0.4 is 4.84 Å². The van der Waals surface area contributed by atoms with Gasteiger partial charge in [-0.1, -0.05) is 26.0 Å². The summed E-state index contributed by atoms with van der Waals surface area (Å²) < 4.78 is 14.4. The average Bonchev–Trinajstić information content (AvgIpc) is 3.20. The summed E-state index contributed by atoms with van der Waals surface area (Å²) in [5.74, 6) is 0.423. The van der Waals surface area contributed by atoms with Crippen LogP contribution in [0.25, 0.3) is 10.9 Å². The summed E-state index contributed by atoms with van der Waals surface area (Å²) >= 11 is 0. The smallest absolute Gasteiger partial charge is 0.157 e. The first-order chi connectivity index (χ1) is 13.9. The number of aromatic nitrogens is 3. The lowest BCUT2D eigenvalue weighted by Crippen LogP contribution is -2.07. The van der Waals surface area contributed by atoms with E-state index in [1.54, 1.807) is 18.5 Å². The van der Waals surface area contributed by atoms with E-state index >= 15 is 0 Å². The van der Waals surface area contributed by atoms with Crippen molar-refractivity contribution in [2.24, 2.45) is 0 Å². The van der Waals surface area contributed by atoms with Gasteiger partial charge in [-0.15, -0.1) is 9.94 Å². The first-order valence-corrected chi connectivity index (χ1v) is 9.51. The van der Waals surface area contributed by atoms with Gasteiger partial charge in [-0.25, -0.2) is 9.37 Å². The van der Waals surface area contributed by atoms with Crippen LogP contribution in [-0.2, 0) is 6.42 Å². The van der Waals surface area contributed by atoms with Crippen LogP contribution in [0.1, 0.15) is 42.1 Å². The molecular weight excluding hydrogens is 369 g/mol. The number of aryl methyl sites for hydroxylation is 1. The number of phenolic OH excluding ortho intramolecular Hbond substituents is 1. The number of nitrogens with zero attached hydrogens (tertiary/aromatic N) is 3. The molecule has 0 unspecified atom stereocenters. The second-order valence-corrected chi connectivity index (χ2v) is 7.37. The van der Waals surface area contributed by atoms with E-state index in [4.69, 9.17) is 4.84 Å². The molecule has 2 aromatic heterocycles. The summed E-state index contributed by atoms with van der Waals surface area (Å²) in [4.78, 5) is 11.6. The number of hydrogen-bond donors (Lipinski definition) is 1. The van der Waals surface area contributed by atoms with Crippen LogP contribution >= 0.6 is 0 Å². The van der Waals surface area contributed by atoms with Crippen LogP contribution in [-0.4, -0.2) is 20.0 Å². The van der Waals surface area contributed by atoms with Gasteiger partial charge in [0.15, 0.2) is 5.75 Å². The maximum Gasteiger partial charge on any atom is 0.157 e. The van der Waals surface area contributed by atoms with Crippen molar-refractivity contribution in [2.45, 2.75) is 33.1 Å². The number of rotatable bonds is 5. The Labute approximate surface area is 168 Å². The van der Waals surface area contributed by atoms with Crippen LogP contribution in [0.3, 0.4) is 0 Å². The molecule has 4 aromatic rings. The molecule has 0 aliphatic heterocycles. The Hall–Kier alpha value is -3.41. The maximum absolute atomic E-state index is 14.4. The van der Waals surface area contributed by atoms with Gasteiger partial charge in [0.1, 0.15) is 17.1 Å². The largest absolute Gasteiger partial charge is 0.507 e. The van der Waals surface area contributed by atoms with Crippen molar-refractivity contribution < 1.29 is 14.3 Å². The summed E-state index contributed by atoms with van der Waals surface area (Å²) in [6, 6.07) is 12.2. The van der Waals surface area contributed by atoms with Gasteiger partial charge < -0.3 is 9.94 Å². The van der Waals surface area contributed by atoms with Crippen molar-refractivity contribution in [3.05, 3.63) is 83.1 Å². The molecule has 4 rings (SSSR count). The molecule has 2 aromatic carbocycles. The normalized spacial score (nSPS) is 11.3. The Morgan fingerprint density at radius 2 is 1.90 bits per heavy atom. The highest BCUT2D eigenvalue weighted by Gasteiger charge is 2.19. The monoisotopic (exact) mass is 391 g/mol. The number of hydrogen-bond acceptors (Lipinski definition) is 4. The first-order valence-electron chi connectivity index (χ1n) is 9.51. The van der Waals surface area contributed by atoms with Crippen LogP contribution in [0.5, 0.6) is 11.5 Å².